The van der Waals surface area contributed by atoms with E-state index in [1.165, 1.54) is 0 Å². The van der Waals surface area contributed by atoms with Crippen molar-refractivity contribution in [2.24, 2.45) is 10.5 Å². The third-order valence-corrected chi connectivity index (χ3v) is 7.48. The Labute approximate surface area is 192 Å². The van der Waals surface area contributed by atoms with Crippen LogP contribution in [0.3, 0.4) is 0 Å². The molecule has 0 radical (unpaired) electrons. The van der Waals surface area contributed by atoms with Crippen molar-refractivity contribution >= 4 is 55.1 Å². The first-order valence-electron chi connectivity index (χ1n) is 9.40. The molecule has 0 bridgehead atoms. The Balaban J connectivity index is 1.60. The smallest absolute Gasteiger partial charge is 0.248 e. The number of hydrogen-bond donors (Lipinski definition) is 2. The van der Waals surface area contributed by atoms with Crippen LogP contribution >= 0.6 is 31.9 Å². The highest BCUT2D eigenvalue weighted by Crippen LogP contribution is 2.66. The zero-order valence-corrected chi connectivity index (χ0v) is 20.1. The molecule has 0 heterocycles. The normalized spacial score (nSPS) is 19.7. The van der Waals surface area contributed by atoms with Crippen molar-refractivity contribution in [3.63, 3.8) is 0 Å². The van der Waals surface area contributed by atoms with Crippen LogP contribution in [0.1, 0.15) is 31.4 Å². The molecule has 0 aliphatic heterocycles. The zero-order valence-electron chi connectivity index (χ0n) is 17.0. The van der Waals surface area contributed by atoms with Gasteiger partial charge in [0.25, 0.3) is 0 Å². The minimum absolute atomic E-state index is 0.118. The van der Waals surface area contributed by atoms with E-state index in [0.717, 1.165) is 16.9 Å². The summed E-state index contributed by atoms with van der Waals surface area (Å²) in [6, 6.07) is 14.7. The van der Waals surface area contributed by atoms with Gasteiger partial charge in [0.15, 0.2) is 0 Å². The highest BCUT2D eigenvalue weighted by Gasteiger charge is 2.66. The van der Waals surface area contributed by atoms with Crippen LogP contribution in [0.2, 0.25) is 0 Å². The van der Waals surface area contributed by atoms with Gasteiger partial charge >= 0.3 is 0 Å². The Morgan fingerprint density at radius 1 is 1.17 bits per heavy atom. The molecule has 6 nitrogen and oxygen atoms in total. The second kappa shape index (κ2) is 8.89. The second-order valence-corrected chi connectivity index (χ2v) is 11.3. The number of halogens is 2. The molecule has 0 spiro atoms. The monoisotopic (exact) mass is 535 g/mol. The minimum atomic E-state index is -0.534. The molecule has 0 saturated heterocycles. The van der Waals surface area contributed by atoms with E-state index in [9.17, 15) is 9.59 Å². The number of anilines is 1. The largest absolute Gasteiger partial charge is 0.497 e. The lowest BCUT2D eigenvalue weighted by atomic mass is 10.1. The molecule has 1 aliphatic carbocycles. The van der Waals surface area contributed by atoms with E-state index in [1.807, 2.05) is 62.4 Å². The molecule has 1 saturated carbocycles. The van der Waals surface area contributed by atoms with Gasteiger partial charge in [0.1, 0.15) is 5.75 Å². The number of hydrogen-bond acceptors (Lipinski definition) is 4. The number of carbonyl (C=O) groups excluding carboxylic acids is 2. The molecule has 2 amide bonds. The summed E-state index contributed by atoms with van der Waals surface area (Å²) in [6.45, 7) is 3.68. The number of hydrazone groups is 1. The van der Waals surface area contributed by atoms with Crippen molar-refractivity contribution in [3.05, 3.63) is 59.7 Å². The van der Waals surface area contributed by atoms with Crippen molar-refractivity contribution in [1.29, 1.82) is 0 Å². The Morgan fingerprint density at radius 3 is 2.43 bits per heavy atom. The molecule has 158 valence electrons. The Bertz CT molecular complexity index is 989. The first-order valence-corrected chi connectivity index (χ1v) is 11.0. The second-order valence-electron chi connectivity index (χ2n) is 7.51. The van der Waals surface area contributed by atoms with Crippen molar-refractivity contribution in [2.45, 2.75) is 29.9 Å². The zero-order chi connectivity index (χ0) is 21.9. The summed E-state index contributed by atoms with van der Waals surface area (Å²) in [5.74, 6) is 0.481. The summed E-state index contributed by atoms with van der Waals surface area (Å²) in [5, 5.41) is 7.12. The molecule has 1 aliphatic rings. The van der Waals surface area contributed by atoms with Gasteiger partial charge in [-0.2, -0.15) is 5.10 Å². The van der Waals surface area contributed by atoms with Gasteiger partial charge in [0, 0.05) is 5.69 Å². The van der Waals surface area contributed by atoms with Crippen molar-refractivity contribution in [3.8, 4) is 5.75 Å². The fourth-order valence-corrected chi connectivity index (χ4v) is 4.41. The molecule has 2 aromatic carbocycles. The molecular weight excluding hydrogens is 514 g/mol. The summed E-state index contributed by atoms with van der Waals surface area (Å²) in [4.78, 5) is 24.7. The SMILES string of the molecule is COc1ccc(CC(=O)Nc2cccc(C(C)=NNC(=O)[C@]3(C)CC3(Br)Br)c2)cc1. The number of nitrogens with zero attached hydrogens (tertiary/aromatic N) is 1. The van der Waals surface area contributed by atoms with Crippen LogP contribution in [0.25, 0.3) is 0 Å². The average molecular weight is 537 g/mol. The summed E-state index contributed by atoms with van der Waals surface area (Å²) in [6.07, 6.45) is 0.951. The molecule has 8 heteroatoms. The number of carbonyl (C=O) groups is 2. The van der Waals surface area contributed by atoms with Crippen molar-refractivity contribution in [1.82, 2.24) is 5.43 Å². The number of amides is 2. The maximum absolute atomic E-state index is 12.4. The maximum Gasteiger partial charge on any atom is 0.248 e. The van der Waals surface area contributed by atoms with Crippen LogP contribution in [0, 0.1) is 5.41 Å². The Morgan fingerprint density at radius 2 is 1.83 bits per heavy atom. The van der Waals surface area contributed by atoms with Gasteiger partial charge < -0.3 is 10.1 Å². The lowest BCUT2D eigenvalue weighted by Crippen LogP contribution is -2.30. The highest BCUT2D eigenvalue weighted by atomic mass is 79.9. The van der Waals surface area contributed by atoms with Crippen LogP contribution in [0.5, 0.6) is 5.75 Å². The Hall–Kier alpha value is -2.19. The first kappa shape index (κ1) is 22.5. The summed E-state index contributed by atoms with van der Waals surface area (Å²) >= 11 is 6.97. The fourth-order valence-electron chi connectivity index (χ4n) is 2.92. The lowest BCUT2D eigenvalue weighted by molar-refractivity contribution is -0.125. The number of benzene rings is 2. The molecular formula is C22H23Br2N3O3. The van der Waals surface area contributed by atoms with Crippen molar-refractivity contribution < 1.29 is 14.3 Å². The van der Waals surface area contributed by atoms with E-state index in [1.54, 1.807) is 7.11 Å². The van der Waals surface area contributed by atoms with E-state index in [-0.39, 0.29) is 21.5 Å². The van der Waals surface area contributed by atoms with Gasteiger partial charge in [-0.1, -0.05) is 56.1 Å². The summed E-state index contributed by atoms with van der Waals surface area (Å²) in [7, 11) is 1.61. The van der Waals surface area contributed by atoms with E-state index in [4.69, 9.17) is 4.74 Å². The van der Waals surface area contributed by atoms with Gasteiger partial charge in [-0.15, -0.1) is 0 Å². The summed E-state index contributed by atoms with van der Waals surface area (Å²) < 4.78 is 4.76. The molecule has 1 fully saturated rings. The quantitative estimate of drug-likeness (QED) is 0.308. The molecule has 1 atom stereocenters. The summed E-state index contributed by atoms with van der Waals surface area (Å²) in [5.41, 5.74) is 5.12. The van der Waals surface area contributed by atoms with Gasteiger partial charge in [-0.25, -0.2) is 5.43 Å². The molecule has 30 heavy (non-hydrogen) atoms. The van der Waals surface area contributed by atoms with Crippen LogP contribution in [-0.4, -0.2) is 27.9 Å². The first-order chi connectivity index (χ1) is 14.1. The predicted molar refractivity (Wildman–Crippen MR) is 125 cm³/mol. The topological polar surface area (TPSA) is 79.8 Å². The van der Waals surface area contributed by atoms with Crippen LogP contribution in [0.4, 0.5) is 5.69 Å². The van der Waals surface area contributed by atoms with Gasteiger partial charge in [-0.05, 0) is 55.7 Å². The minimum Gasteiger partial charge on any atom is -0.497 e. The van der Waals surface area contributed by atoms with E-state index < -0.39 is 5.41 Å². The van der Waals surface area contributed by atoms with E-state index >= 15 is 0 Å². The van der Waals surface area contributed by atoms with Crippen molar-refractivity contribution in [2.75, 3.05) is 12.4 Å². The third kappa shape index (κ3) is 5.10. The standard InChI is InChI=1S/C22H23Br2N3O3/c1-14(26-27-20(29)21(2)13-22(21,23)24)16-5-4-6-17(12-16)25-19(28)11-15-7-9-18(30-3)10-8-15/h4-10,12H,11,13H2,1-3H3,(H,25,28)(H,27,29)/t21-/m0/s1. The Kier molecular flexibility index (Phi) is 6.67. The molecule has 2 aromatic rings. The van der Waals surface area contributed by atoms with E-state index in [0.29, 0.717) is 17.8 Å². The third-order valence-electron chi connectivity index (χ3n) is 5.17. The fraction of sp³-hybridized carbons (Fsp3) is 0.318. The number of ether oxygens (including phenoxy) is 1. The molecule has 0 unspecified atom stereocenters. The molecule has 0 aromatic heterocycles. The number of alkyl halides is 2. The van der Waals surface area contributed by atoms with Crippen LogP contribution in [0.15, 0.2) is 53.6 Å². The number of nitrogens with one attached hydrogen (secondary N) is 2. The van der Waals surface area contributed by atoms with Gasteiger partial charge in [0.05, 0.1) is 27.9 Å². The van der Waals surface area contributed by atoms with Gasteiger partial charge in [-0.3, -0.25) is 9.59 Å². The number of methoxy groups -OCH3 is 1. The van der Waals surface area contributed by atoms with Crippen LogP contribution < -0.4 is 15.5 Å². The predicted octanol–water partition coefficient (Wildman–Crippen LogP) is 4.61. The van der Waals surface area contributed by atoms with Crippen LogP contribution in [-0.2, 0) is 16.0 Å². The number of rotatable bonds is 7. The van der Waals surface area contributed by atoms with Gasteiger partial charge in [0.2, 0.25) is 11.8 Å². The average Bonchev–Trinajstić information content (AvgIpc) is 3.25. The molecule has 2 N–H and O–H groups in total. The highest BCUT2D eigenvalue weighted by molar-refractivity contribution is 9.25. The maximum atomic E-state index is 12.4. The molecule has 3 rings (SSSR count). The van der Waals surface area contributed by atoms with E-state index in [2.05, 4.69) is 47.7 Å². The lowest BCUT2D eigenvalue weighted by Gasteiger charge is -2.11.